The van der Waals surface area contributed by atoms with E-state index >= 15 is 0 Å². The number of hydrogen-bond donors (Lipinski definition) is 1. The monoisotopic (exact) mass is 279 g/mol. The fourth-order valence-electron chi connectivity index (χ4n) is 1.49. The maximum Gasteiger partial charge on any atom is 0.285 e. The number of aromatic nitrogens is 1. The Morgan fingerprint density at radius 2 is 1.95 bits per heavy atom. The Balaban J connectivity index is 2.39. The molecule has 0 aliphatic rings. The Morgan fingerprint density at radius 3 is 2.55 bits per heavy atom. The fourth-order valence-corrected chi connectivity index (χ4v) is 1.49. The second kappa shape index (κ2) is 5.39. The van der Waals surface area contributed by atoms with Crippen molar-refractivity contribution in [3.63, 3.8) is 0 Å². The molecule has 0 saturated carbocycles. The van der Waals surface area contributed by atoms with E-state index in [2.05, 4.69) is 10.3 Å². The van der Waals surface area contributed by atoms with Crippen molar-refractivity contribution in [1.29, 1.82) is 0 Å². The fraction of sp³-hybridized carbons (Fsp3) is 0. The number of hydrogen-bond acceptors (Lipinski definition) is 4. The lowest BCUT2D eigenvalue weighted by molar-refractivity contribution is -0.385. The molecule has 6 nitrogen and oxygen atoms in total. The molecule has 0 unspecified atom stereocenters. The predicted molar refractivity (Wildman–Crippen MR) is 65.2 cm³/mol. The number of pyridine rings is 1. The van der Waals surface area contributed by atoms with Gasteiger partial charge in [0, 0.05) is 6.20 Å². The third-order valence-electron chi connectivity index (χ3n) is 2.39. The van der Waals surface area contributed by atoms with Crippen molar-refractivity contribution in [3.8, 4) is 0 Å². The Bertz CT molecular complexity index is 677. The molecule has 0 saturated heterocycles. The van der Waals surface area contributed by atoms with E-state index < -0.39 is 33.7 Å². The Morgan fingerprint density at radius 1 is 1.25 bits per heavy atom. The van der Waals surface area contributed by atoms with Crippen LogP contribution >= 0.6 is 0 Å². The van der Waals surface area contributed by atoms with Crippen LogP contribution in [-0.4, -0.2) is 15.8 Å². The van der Waals surface area contributed by atoms with Crippen molar-refractivity contribution in [2.75, 3.05) is 5.32 Å². The number of carbonyl (C=O) groups is 1. The van der Waals surface area contributed by atoms with Gasteiger partial charge in [-0.2, -0.15) is 0 Å². The molecule has 102 valence electrons. The molecule has 1 heterocycles. The summed E-state index contributed by atoms with van der Waals surface area (Å²) in [5.41, 5.74) is -1.41. The molecular formula is C12H7F2N3O3. The number of halogens is 2. The lowest BCUT2D eigenvalue weighted by Gasteiger charge is -2.05. The maximum absolute atomic E-state index is 13.1. The highest BCUT2D eigenvalue weighted by molar-refractivity contribution is 6.06. The Hall–Kier alpha value is -2.90. The van der Waals surface area contributed by atoms with Gasteiger partial charge in [-0.15, -0.1) is 0 Å². The van der Waals surface area contributed by atoms with Gasteiger partial charge in [-0.05, 0) is 18.2 Å². The summed E-state index contributed by atoms with van der Waals surface area (Å²) < 4.78 is 26.1. The molecule has 0 aliphatic carbocycles. The molecule has 1 aromatic heterocycles. The quantitative estimate of drug-likeness (QED) is 0.691. The molecule has 1 aromatic carbocycles. The third kappa shape index (κ3) is 2.74. The highest BCUT2D eigenvalue weighted by Crippen LogP contribution is 2.23. The lowest BCUT2D eigenvalue weighted by atomic mass is 10.1. The zero-order valence-corrected chi connectivity index (χ0v) is 9.84. The van der Waals surface area contributed by atoms with Crippen molar-refractivity contribution >= 4 is 17.4 Å². The van der Waals surface area contributed by atoms with Gasteiger partial charge >= 0.3 is 0 Å². The number of nitro benzene ring substituents is 1. The Kier molecular flexibility index (Phi) is 3.65. The van der Waals surface area contributed by atoms with Gasteiger partial charge in [0.1, 0.15) is 11.4 Å². The van der Waals surface area contributed by atoms with Crippen molar-refractivity contribution in [1.82, 2.24) is 4.98 Å². The minimum atomic E-state index is -1.40. The van der Waals surface area contributed by atoms with E-state index in [0.717, 1.165) is 0 Å². The minimum Gasteiger partial charge on any atom is -0.306 e. The van der Waals surface area contributed by atoms with Crippen LogP contribution in [0.15, 0.2) is 36.5 Å². The van der Waals surface area contributed by atoms with Crippen LogP contribution in [0.5, 0.6) is 0 Å². The maximum atomic E-state index is 13.1. The Labute approximate surface area is 111 Å². The molecule has 2 rings (SSSR count). The van der Waals surface area contributed by atoms with Crippen LogP contribution in [0.4, 0.5) is 20.3 Å². The van der Waals surface area contributed by atoms with Gasteiger partial charge in [-0.25, -0.2) is 13.8 Å². The highest BCUT2D eigenvalue weighted by Gasteiger charge is 2.24. The van der Waals surface area contributed by atoms with E-state index in [1.807, 2.05) is 0 Å². The van der Waals surface area contributed by atoms with Crippen molar-refractivity contribution in [2.45, 2.75) is 0 Å². The largest absolute Gasteiger partial charge is 0.306 e. The van der Waals surface area contributed by atoms with E-state index in [4.69, 9.17) is 0 Å². The van der Waals surface area contributed by atoms with E-state index in [1.54, 1.807) is 12.1 Å². The van der Waals surface area contributed by atoms with Crippen molar-refractivity contribution in [3.05, 3.63) is 63.8 Å². The highest BCUT2D eigenvalue weighted by atomic mass is 19.2. The first-order valence-corrected chi connectivity index (χ1v) is 5.35. The molecule has 8 heteroatoms. The summed E-state index contributed by atoms with van der Waals surface area (Å²) >= 11 is 0. The number of rotatable bonds is 3. The van der Waals surface area contributed by atoms with Crippen LogP contribution in [0, 0.1) is 21.7 Å². The lowest BCUT2D eigenvalue weighted by Crippen LogP contribution is -2.15. The van der Waals surface area contributed by atoms with Gasteiger partial charge in [0.05, 0.1) is 11.0 Å². The summed E-state index contributed by atoms with van der Waals surface area (Å²) in [6, 6.07) is 5.48. The molecule has 1 amide bonds. The molecule has 2 aromatic rings. The number of anilines is 1. The summed E-state index contributed by atoms with van der Waals surface area (Å²) in [6.45, 7) is 0. The third-order valence-corrected chi connectivity index (χ3v) is 2.39. The zero-order valence-electron chi connectivity index (χ0n) is 9.84. The molecule has 0 spiro atoms. The summed E-state index contributed by atoms with van der Waals surface area (Å²) in [5.74, 6) is -3.56. The smallest absolute Gasteiger partial charge is 0.285 e. The van der Waals surface area contributed by atoms with Gasteiger partial charge in [-0.3, -0.25) is 14.9 Å². The summed E-state index contributed by atoms with van der Waals surface area (Å²) in [6.07, 6.45) is 1.40. The van der Waals surface area contributed by atoms with E-state index in [9.17, 15) is 23.7 Å². The average Bonchev–Trinajstić information content (AvgIpc) is 2.42. The number of nitrogens with one attached hydrogen (secondary N) is 1. The van der Waals surface area contributed by atoms with E-state index in [1.165, 1.54) is 12.3 Å². The van der Waals surface area contributed by atoms with Gasteiger partial charge in [0.25, 0.3) is 11.6 Å². The first-order chi connectivity index (χ1) is 9.49. The number of nitro groups is 1. The number of benzene rings is 1. The average molecular weight is 279 g/mol. The first-order valence-electron chi connectivity index (χ1n) is 5.35. The second-order valence-electron chi connectivity index (χ2n) is 3.71. The van der Waals surface area contributed by atoms with Crippen LogP contribution < -0.4 is 5.32 Å². The second-order valence-corrected chi connectivity index (χ2v) is 3.71. The first kappa shape index (κ1) is 13.5. The van der Waals surface area contributed by atoms with Crippen LogP contribution in [0.25, 0.3) is 0 Å². The molecule has 0 atom stereocenters. The van der Waals surface area contributed by atoms with Crippen LogP contribution in [0.2, 0.25) is 0 Å². The van der Waals surface area contributed by atoms with Gasteiger partial charge in [-0.1, -0.05) is 6.07 Å². The number of carbonyl (C=O) groups excluding carboxylic acids is 1. The standard InChI is InChI=1S/C12H7F2N3O3/c13-8-5-7(10(17(19)20)6-9(8)14)12(18)16-11-3-1-2-4-15-11/h1-6H,(H,15,16,18). The van der Waals surface area contributed by atoms with Crippen molar-refractivity contribution < 1.29 is 18.5 Å². The predicted octanol–water partition coefficient (Wildman–Crippen LogP) is 2.52. The van der Waals surface area contributed by atoms with E-state index in [-0.39, 0.29) is 5.82 Å². The molecule has 0 fully saturated rings. The molecule has 1 N–H and O–H groups in total. The van der Waals surface area contributed by atoms with Crippen LogP contribution in [0.3, 0.4) is 0 Å². The number of amides is 1. The molecule has 0 aliphatic heterocycles. The normalized spacial score (nSPS) is 10.1. The molecule has 0 bridgehead atoms. The van der Waals surface area contributed by atoms with Crippen LogP contribution in [0.1, 0.15) is 10.4 Å². The summed E-state index contributed by atoms with van der Waals surface area (Å²) in [4.78, 5) is 25.4. The topological polar surface area (TPSA) is 85.1 Å². The van der Waals surface area contributed by atoms with Crippen molar-refractivity contribution in [2.24, 2.45) is 0 Å². The minimum absolute atomic E-state index is 0.136. The van der Waals surface area contributed by atoms with Gasteiger partial charge < -0.3 is 5.32 Å². The molecular weight excluding hydrogens is 272 g/mol. The summed E-state index contributed by atoms with van der Waals surface area (Å²) in [7, 11) is 0. The zero-order chi connectivity index (χ0) is 14.7. The van der Waals surface area contributed by atoms with Crippen LogP contribution in [-0.2, 0) is 0 Å². The molecule has 20 heavy (non-hydrogen) atoms. The summed E-state index contributed by atoms with van der Waals surface area (Å²) in [5, 5.41) is 13.0. The van der Waals surface area contributed by atoms with Gasteiger partial charge in [0.2, 0.25) is 0 Å². The van der Waals surface area contributed by atoms with E-state index in [0.29, 0.717) is 12.1 Å². The van der Waals surface area contributed by atoms with Gasteiger partial charge in [0.15, 0.2) is 11.6 Å². The molecule has 0 radical (unpaired) electrons. The SMILES string of the molecule is O=C(Nc1ccccn1)c1cc(F)c(F)cc1[N+](=O)[O-]. The number of nitrogens with zero attached hydrogens (tertiary/aromatic N) is 2.